The number of hydrogen-bond donors (Lipinski definition) is 2. The number of pyridine rings is 3. The Bertz CT molecular complexity index is 2110. The first-order valence-corrected chi connectivity index (χ1v) is 13.6. The van der Waals surface area contributed by atoms with E-state index in [0.29, 0.717) is 16.8 Å². The fourth-order valence-electron chi connectivity index (χ4n) is 5.65. The van der Waals surface area contributed by atoms with Gasteiger partial charge >= 0.3 is 0 Å². The number of fused-ring (bicyclic) bond motifs is 9. The number of hydrogen-bond acceptors (Lipinski definition) is 7. The fraction of sp³-hybridized carbons (Fsp3) is 0.214. The number of nitrogens with one attached hydrogen (secondary N) is 2. The van der Waals surface area contributed by atoms with Gasteiger partial charge in [-0.25, -0.2) is 9.97 Å². The first-order chi connectivity index (χ1) is 18.7. The van der Waals surface area contributed by atoms with Crippen molar-refractivity contribution in [1.29, 1.82) is 0 Å². The third kappa shape index (κ3) is 3.30. The van der Waals surface area contributed by atoms with E-state index in [1.807, 2.05) is 41.1 Å². The van der Waals surface area contributed by atoms with Crippen LogP contribution in [0.3, 0.4) is 0 Å². The number of thiophene rings is 1. The minimum absolute atomic E-state index is 0.00185. The van der Waals surface area contributed by atoms with E-state index in [4.69, 9.17) is 9.97 Å². The van der Waals surface area contributed by atoms with Crippen LogP contribution in [0.5, 0.6) is 0 Å². The van der Waals surface area contributed by atoms with E-state index in [1.54, 1.807) is 29.9 Å². The summed E-state index contributed by atoms with van der Waals surface area (Å²) in [7, 11) is 0. The Morgan fingerprint density at radius 3 is 2.74 bits per heavy atom. The number of imidazole rings is 1. The molecule has 10 heteroatoms. The predicted molar refractivity (Wildman–Crippen MR) is 150 cm³/mol. The summed E-state index contributed by atoms with van der Waals surface area (Å²) in [6, 6.07) is 10.0. The molecule has 186 valence electrons. The van der Waals surface area contributed by atoms with Gasteiger partial charge < -0.3 is 4.98 Å². The van der Waals surface area contributed by atoms with Gasteiger partial charge in [-0.3, -0.25) is 24.4 Å². The molecular formula is C28H22N8OS. The number of carbonyl (C=O) groups excluding carboxylic acids is 1. The third-order valence-electron chi connectivity index (χ3n) is 7.58. The molecule has 1 saturated carbocycles. The Morgan fingerprint density at radius 1 is 0.921 bits per heavy atom. The molecule has 0 aromatic carbocycles. The Morgan fingerprint density at radius 2 is 1.82 bits per heavy atom. The van der Waals surface area contributed by atoms with E-state index < -0.39 is 0 Å². The lowest BCUT2D eigenvalue weighted by Crippen LogP contribution is -2.24. The van der Waals surface area contributed by atoms with Crippen molar-refractivity contribution >= 4 is 81.8 Å². The molecular weight excluding hydrogens is 496 g/mol. The van der Waals surface area contributed by atoms with Gasteiger partial charge in [0.1, 0.15) is 21.4 Å². The summed E-state index contributed by atoms with van der Waals surface area (Å²) in [6.45, 7) is 0. The smallest absolute Gasteiger partial charge is 0.235 e. The van der Waals surface area contributed by atoms with E-state index in [1.165, 1.54) is 6.42 Å². The van der Waals surface area contributed by atoms with Crippen molar-refractivity contribution in [3.8, 4) is 0 Å². The van der Waals surface area contributed by atoms with Gasteiger partial charge in [-0.1, -0.05) is 19.3 Å². The molecule has 0 amide bonds. The average molecular weight is 519 g/mol. The summed E-state index contributed by atoms with van der Waals surface area (Å²) < 4.78 is 2.80. The van der Waals surface area contributed by atoms with Gasteiger partial charge in [0.25, 0.3) is 0 Å². The highest BCUT2D eigenvalue weighted by Crippen LogP contribution is 2.31. The van der Waals surface area contributed by atoms with Crippen LogP contribution >= 0.6 is 11.3 Å². The zero-order valence-electron chi connectivity index (χ0n) is 20.3. The summed E-state index contributed by atoms with van der Waals surface area (Å²) in [6.07, 6.45) is 12.4. The van der Waals surface area contributed by atoms with Crippen LogP contribution in [0, 0.1) is 5.92 Å². The lowest BCUT2D eigenvalue weighted by atomic mass is 9.88. The molecule has 0 aliphatic heterocycles. The zero-order chi connectivity index (χ0) is 25.2. The van der Waals surface area contributed by atoms with Crippen molar-refractivity contribution in [2.75, 3.05) is 0 Å². The topological polar surface area (TPSA) is 118 Å². The molecule has 1 aliphatic rings. The summed E-state index contributed by atoms with van der Waals surface area (Å²) in [5.74, 6) is 0.127. The first-order valence-electron chi connectivity index (χ1n) is 12.8. The summed E-state index contributed by atoms with van der Waals surface area (Å²) in [5, 5.41) is 10.2. The van der Waals surface area contributed by atoms with Gasteiger partial charge in [-0.2, -0.15) is 5.10 Å². The Hall–Kier alpha value is -4.44. The summed E-state index contributed by atoms with van der Waals surface area (Å²) in [4.78, 5) is 37.1. The Kier molecular flexibility index (Phi) is 4.72. The summed E-state index contributed by atoms with van der Waals surface area (Å²) >= 11 is 1.54. The van der Waals surface area contributed by atoms with Gasteiger partial charge in [0, 0.05) is 35.3 Å². The van der Waals surface area contributed by atoms with Crippen LogP contribution < -0.4 is 0 Å². The average Bonchev–Trinajstić information content (AvgIpc) is 3.71. The first kappa shape index (κ1) is 21.6. The molecule has 2 N–H and O–H groups in total. The van der Waals surface area contributed by atoms with E-state index in [-0.39, 0.29) is 11.8 Å². The van der Waals surface area contributed by atoms with Crippen molar-refractivity contribution in [3.63, 3.8) is 0 Å². The Balaban J connectivity index is 1.57. The second-order valence-corrected chi connectivity index (χ2v) is 11.0. The SMILES string of the molecule is O=C(C1CCCCC1)n1c2cncc(c2)c2cnc3[nH]nc(c4nc5c(ccnc5c5ccc1s5)[nH]4)c3c2. The molecule has 1 aliphatic carbocycles. The number of aromatic nitrogens is 8. The second kappa shape index (κ2) is 8.29. The van der Waals surface area contributed by atoms with Crippen molar-refractivity contribution in [2.45, 2.75) is 32.1 Å². The van der Waals surface area contributed by atoms with Gasteiger partial charge in [0.05, 0.1) is 27.3 Å². The third-order valence-corrected chi connectivity index (χ3v) is 8.65. The maximum absolute atomic E-state index is 14.1. The maximum atomic E-state index is 14.1. The van der Waals surface area contributed by atoms with Gasteiger partial charge in [-0.05, 0) is 43.2 Å². The molecule has 38 heavy (non-hydrogen) atoms. The number of rotatable bonds is 1. The largest absolute Gasteiger partial charge is 0.336 e. The van der Waals surface area contributed by atoms with E-state index in [0.717, 1.165) is 73.4 Å². The van der Waals surface area contributed by atoms with Crippen molar-refractivity contribution in [1.82, 2.24) is 39.7 Å². The van der Waals surface area contributed by atoms with Crippen LogP contribution in [0.15, 0.2) is 55.1 Å². The fourth-order valence-corrected chi connectivity index (χ4v) is 6.68. The molecule has 1 fully saturated rings. The number of carbonyl (C=O) groups is 1. The minimum atomic E-state index is 0.00185. The highest BCUT2D eigenvalue weighted by Gasteiger charge is 2.24. The lowest BCUT2D eigenvalue weighted by molar-refractivity contribution is 0.0812. The van der Waals surface area contributed by atoms with Gasteiger partial charge in [0.15, 0.2) is 11.3 Å². The molecule has 0 atom stereocenters. The molecule has 0 radical (unpaired) electrons. The van der Waals surface area contributed by atoms with Crippen molar-refractivity contribution in [3.05, 3.63) is 55.1 Å². The highest BCUT2D eigenvalue weighted by molar-refractivity contribution is 7.24. The minimum Gasteiger partial charge on any atom is -0.336 e. The predicted octanol–water partition coefficient (Wildman–Crippen LogP) is 6.44. The number of H-pyrrole nitrogens is 2. The molecule has 0 saturated heterocycles. The normalized spacial score (nSPS) is 14.8. The molecule has 8 bridgehead atoms. The molecule has 8 rings (SSSR count). The van der Waals surface area contributed by atoms with Crippen molar-refractivity contribution < 1.29 is 4.79 Å². The van der Waals surface area contributed by atoms with Gasteiger partial charge in [-0.15, -0.1) is 11.3 Å². The molecule has 7 aromatic rings. The quantitative estimate of drug-likeness (QED) is 0.258. The molecule has 7 aromatic heterocycles. The highest BCUT2D eigenvalue weighted by atomic mass is 32.1. The molecule has 7 heterocycles. The number of nitrogens with zero attached hydrogens (tertiary/aromatic N) is 6. The monoisotopic (exact) mass is 518 g/mol. The van der Waals surface area contributed by atoms with Crippen LogP contribution in [0.2, 0.25) is 0 Å². The maximum Gasteiger partial charge on any atom is 0.235 e. The molecule has 0 spiro atoms. The van der Waals surface area contributed by atoms with E-state index in [2.05, 4.69) is 25.1 Å². The van der Waals surface area contributed by atoms with Gasteiger partial charge in [0.2, 0.25) is 5.91 Å². The van der Waals surface area contributed by atoms with Crippen LogP contribution in [-0.4, -0.2) is 45.6 Å². The lowest BCUT2D eigenvalue weighted by Gasteiger charge is -2.21. The van der Waals surface area contributed by atoms with E-state index >= 15 is 0 Å². The number of aromatic amines is 2. The van der Waals surface area contributed by atoms with Crippen LogP contribution in [0.25, 0.3) is 64.6 Å². The molecule has 0 unspecified atom stereocenters. The second-order valence-electron chi connectivity index (χ2n) is 9.91. The standard InChI is InChI=1S/C28H22N8OS/c37-28(15-4-2-1-3-5-15)36-18-10-16(12-29-14-18)17-11-19-23(34-35-26(19)31-13-17)27-32-20-8-9-30-25(24(20)33-27)21-6-7-22(36)38-21/h6-15H,1-5H2,(H,32,33)(H,31,34,35). The molecule has 9 nitrogen and oxygen atoms in total. The summed E-state index contributed by atoms with van der Waals surface area (Å²) in [5.41, 5.74) is 5.17. The van der Waals surface area contributed by atoms with E-state index in [9.17, 15) is 4.79 Å². The zero-order valence-corrected chi connectivity index (χ0v) is 21.1. The van der Waals surface area contributed by atoms with Crippen LogP contribution in [0.4, 0.5) is 0 Å². The Labute approximate surface area is 219 Å². The van der Waals surface area contributed by atoms with Crippen LogP contribution in [-0.2, 0) is 0 Å². The van der Waals surface area contributed by atoms with Crippen molar-refractivity contribution in [2.24, 2.45) is 5.92 Å². The van der Waals surface area contributed by atoms with Crippen LogP contribution in [0.1, 0.15) is 36.9 Å².